The Hall–Kier alpha value is -5.52. The first-order valence-electron chi connectivity index (χ1n) is 28.7. The van der Waals surface area contributed by atoms with Gasteiger partial charge < -0.3 is 54.9 Å². The lowest BCUT2D eigenvalue weighted by atomic mass is 9.77. The molecular formula is C61H87N7O12S2. The second kappa shape index (κ2) is 31.9. The van der Waals surface area contributed by atoms with Crippen LogP contribution >= 0.6 is 22.7 Å². The number of ether oxygens (including phenoxy) is 4. The Labute approximate surface area is 491 Å². The number of amides is 5. The topological polar surface area (TPSA) is 248 Å². The summed E-state index contributed by atoms with van der Waals surface area (Å²) in [5.74, 6) is -2.82. The highest BCUT2D eigenvalue weighted by molar-refractivity contribution is 7.13. The standard InChI is InChI=1S/C61H87N7O12S2/c1-40-53(81-38-64-40)44-19-15-42(16-20-44)32-62-56(73)50-30-46(69)34-67(50)58(75)49(60(3,4)5)29-48(71)36-79-27-13-11-25-77-23-9-10-24-78-26-12-14-28-80-37-52(72)66-55(61(6,7)8)59(76)68-35-47(70)31-51(68)57(74)63-33-43-17-21-45(22-18-43)54-41(2)65-39-82-54/h15-22,38-39,46-47,49-51,55,69-70H,9-14,23-37H2,1-8H3,(H,62,73)(H,63,74)(H,66,72)/t46-,47-,49-,50+,51+,55-/m1/s1. The van der Waals surface area contributed by atoms with Crippen LogP contribution in [0.3, 0.4) is 0 Å². The number of nitrogens with zero attached hydrogens (tertiary/aromatic N) is 4. The number of aliphatic hydroxyl groups is 2. The first-order chi connectivity index (χ1) is 39.1. The highest BCUT2D eigenvalue weighted by Gasteiger charge is 2.46. The van der Waals surface area contributed by atoms with Gasteiger partial charge in [-0.2, -0.15) is 0 Å². The van der Waals surface area contributed by atoms with E-state index < -0.39 is 58.9 Å². The number of hydrogen-bond donors (Lipinski definition) is 5. The quantitative estimate of drug-likeness (QED) is 0.0310. The summed E-state index contributed by atoms with van der Waals surface area (Å²) in [7, 11) is 0. The van der Waals surface area contributed by atoms with Crippen LogP contribution in [0.25, 0.3) is 20.9 Å². The van der Waals surface area contributed by atoms with Gasteiger partial charge in [0.05, 0.1) is 44.4 Å². The van der Waals surface area contributed by atoms with Gasteiger partial charge in [-0.3, -0.25) is 28.8 Å². The molecule has 5 amide bonds. The number of carbonyl (C=O) groups excluding carboxylic acids is 6. The van der Waals surface area contributed by atoms with Crippen LogP contribution in [-0.4, -0.2) is 162 Å². The largest absolute Gasteiger partial charge is 0.391 e. The number of nitrogens with one attached hydrogen (secondary N) is 3. The third-order valence-corrected chi connectivity index (χ3v) is 16.7. The van der Waals surface area contributed by atoms with E-state index in [9.17, 15) is 39.0 Å². The number of hydrogen-bond acceptors (Lipinski definition) is 16. The molecule has 2 aromatic carbocycles. The minimum absolute atomic E-state index is 0.0127. The molecule has 0 radical (unpaired) electrons. The third kappa shape index (κ3) is 20.1. The molecule has 6 atom stereocenters. The van der Waals surface area contributed by atoms with Crippen molar-refractivity contribution in [3.63, 3.8) is 0 Å². The number of β-amino-alcohol motifs (C(OH)–C–C–N with tert-alkyl or cyclic N) is 2. The summed E-state index contributed by atoms with van der Waals surface area (Å²) in [6, 6.07) is 13.1. The molecule has 0 aliphatic carbocycles. The van der Waals surface area contributed by atoms with Crippen molar-refractivity contribution in [2.75, 3.05) is 65.9 Å². The molecule has 5 N–H and O–H groups in total. The molecule has 2 fully saturated rings. The molecule has 0 bridgehead atoms. The fourth-order valence-corrected chi connectivity index (χ4v) is 11.6. The molecule has 6 rings (SSSR count). The van der Waals surface area contributed by atoms with Crippen molar-refractivity contribution in [1.82, 2.24) is 35.7 Å². The Morgan fingerprint density at radius 2 is 0.988 bits per heavy atom. The van der Waals surface area contributed by atoms with Crippen molar-refractivity contribution in [2.45, 2.75) is 157 Å². The van der Waals surface area contributed by atoms with Crippen LogP contribution < -0.4 is 16.0 Å². The zero-order valence-corrected chi connectivity index (χ0v) is 50.8. The Balaban J connectivity index is 0.763. The van der Waals surface area contributed by atoms with E-state index in [2.05, 4.69) is 25.9 Å². The van der Waals surface area contributed by atoms with E-state index in [1.165, 1.54) is 9.80 Å². The van der Waals surface area contributed by atoms with E-state index in [1.807, 2.05) is 115 Å². The number of ketones is 1. The van der Waals surface area contributed by atoms with E-state index in [4.69, 9.17) is 18.9 Å². The first kappa shape index (κ1) is 65.6. The molecule has 2 aliphatic heterocycles. The van der Waals surface area contributed by atoms with Gasteiger partial charge in [0.2, 0.25) is 29.5 Å². The molecule has 0 saturated carbocycles. The molecule has 82 heavy (non-hydrogen) atoms. The predicted molar refractivity (Wildman–Crippen MR) is 315 cm³/mol. The van der Waals surface area contributed by atoms with Crippen LogP contribution in [0.5, 0.6) is 0 Å². The van der Waals surface area contributed by atoms with E-state index in [1.54, 1.807) is 22.7 Å². The fraction of sp³-hybridized carbons (Fsp3) is 0.607. The van der Waals surface area contributed by atoms with Gasteiger partial charge in [0.25, 0.3) is 0 Å². The zero-order valence-electron chi connectivity index (χ0n) is 49.2. The van der Waals surface area contributed by atoms with Crippen LogP contribution in [-0.2, 0) is 60.8 Å². The SMILES string of the molecule is Cc1ncsc1-c1ccc(CNC(=O)[C@@H]2C[C@@H](O)CN2C(=O)[C@@H](CC(=O)COCCCCOCCCCOCCCCOCC(=O)N[C@H](C(=O)N2C[C@H](O)C[C@H]2C(=O)NCc2ccc(-c3scnc3C)cc2)C(C)(C)C)C(C)(C)C)cc1. The highest BCUT2D eigenvalue weighted by Crippen LogP contribution is 2.34. The van der Waals surface area contributed by atoms with Crippen molar-refractivity contribution in [2.24, 2.45) is 16.7 Å². The summed E-state index contributed by atoms with van der Waals surface area (Å²) in [5.41, 5.74) is 8.18. The molecule has 2 aliphatic rings. The number of Topliss-reactive ketones (excluding diaryl/α,β-unsaturated/α-hetero) is 1. The van der Waals surface area contributed by atoms with Crippen LogP contribution in [0, 0.1) is 30.6 Å². The normalized spacial score (nSPS) is 18.1. The minimum Gasteiger partial charge on any atom is -0.391 e. The molecule has 19 nitrogen and oxygen atoms in total. The summed E-state index contributed by atoms with van der Waals surface area (Å²) in [5, 5.41) is 29.9. The predicted octanol–water partition coefficient (Wildman–Crippen LogP) is 6.97. The number of unbranched alkanes of at least 4 members (excludes halogenated alkanes) is 3. The second-order valence-electron chi connectivity index (χ2n) is 23.6. The van der Waals surface area contributed by atoms with E-state index in [-0.39, 0.29) is 82.2 Å². The minimum atomic E-state index is -0.950. The molecule has 2 aromatic heterocycles. The lowest BCUT2D eigenvalue weighted by Crippen LogP contribution is -2.58. The molecule has 2 saturated heterocycles. The van der Waals surface area contributed by atoms with Crippen LogP contribution in [0.15, 0.2) is 59.6 Å². The molecule has 21 heteroatoms. The van der Waals surface area contributed by atoms with Crippen LogP contribution in [0.1, 0.15) is 122 Å². The summed E-state index contributed by atoms with van der Waals surface area (Å²) >= 11 is 3.14. The van der Waals surface area contributed by atoms with Gasteiger partial charge in [0.15, 0.2) is 5.78 Å². The van der Waals surface area contributed by atoms with Gasteiger partial charge in [0, 0.05) is 91.0 Å². The van der Waals surface area contributed by atoms with Crippen molar-refractivity contribution in [3.8, 4) is 20.9 Å². The number of rotatable bonds is 32. The molecule has 0 spiro atoms. The van der Waals surface area contributed by atoms with Crippen molar-refractivity contribution in [3.05, 3.63) is 82.1 Å². The number of thiazole rings is 2. The maximum absolute atomic E-state index is 14.0. The smallest absolute Gasteiger partial charge is 0.246 e. The Bertz CT molecular complexity index is 2500. The van der Waals surface area contributed by atoms with Crippen molar-refractivity contribution in [1.29, 1.82) is 0 Å². The number of carbonyl (C=O) groups is 6. The molecule has 4 aromatic rings. The monoisotopic (exact) mass is 1170 g/mol. The van der Waals surface area contributed by atoms with Crippen LogP contribution in [0.4, 0.5) is 0 Å². The van der Waals surface area contributed by atoms with Gasteiger partial charge in [-0.25, -0.2) is 9.97 Å². The lowest BCUT2D eigenvalue weighted by Gasteiger charge is -2.35. The average Bonchev–Trinajstić information content (AvgIpc) is 4.30. The lowest BCUT2D eigenvalue weighted by molar-refractivity contribution is -0.146. The Morgan fingerprint density at radius 3 is 1.38 bits per heavy atom. The maximum Gasteiger partial charge on any atom is 0.246 e. The first-order valence-corrected chi connectivity index (χ1v) is 30.5. The van der Waals surface area contributed by atoms with E-state index >= 15 is 0 Å². The number of benzene rings is 2. The van der Waals surface area contributed by atoms with Crippen LogP contribution in [0.2, 0.25) is 0 Å². The van der Waals surface area contributed by atoms with Crippen molar-refractivity contribution >= 4 is 58.0 Å². The average molecular weight is 1170 g/mol. The molecule has 4 heterocycles. The number of aliphatic hydroxyl groups excluding tert-OH is 2. The Kier molecular flexibility index (Phi) is 25.6. The van der Waals surface area contributed by atoms with Crippen molar-refractivity contribution < 1.29 is 57.9 Å². The molecular weight excluding hydrogens is 1090 g/mol. The number of aryl methyl sites for hydroxylation is 2. The summed E-state index contributed by atoms with van der Waals surface area (Å²) in [6.45, 7) is 18.4. The van der Waals surface area contributed by atoms with Gasteiger partial charge >= 0.3 is 0 Å². The van der Waals surface area contributed by atoms with Gasteiger partial charge in [-0.1, -0.05) is 90.1 Å². The summed E-state index contributed by atoms with van der Waals surface area (Å²) in [4.78, 5) is 94.7. The fourth-order valence-electron chi connectivity index (χ4n) is 9.98. The summed E-state index contributed by atoms with van der Waals surface area (Å²) in [6.07, 6.45) is 3.07. The number of aromatic nitrogens is 2. The van der Waals surface area contributed by atoms with Gasteiger partial charge in [-0.05, 0) is 85.5 Å². The molecule has 450 valence electrons. The van der Waals surface area contributed by atoms with E-state index in [0.29, 0.717) is 52.5 Å². The number of likely N-dealkylation sites (tertiary alicyclic amines) is 2. The highest BCUT2D eigenvalue weighted by atomic mass is 32.1. The Morgan fingerprint density at radius 1 is 0.585 bits per heavy atom. The van der Waals surface area contributed by atoms with E-state index in [0.717, 1.165) is 69.1 Å². The zero-order chi connectivity index (χ0) is 59.4. The summed E-state index contributed by atoms with van der Waals surface area (Å²) < 4.78 is 22.9. The maximum atomic E-state index is 14.0. The molecule has 0 unspecified atom stereocenters. The second-order valence-corrected chi connectivity index (χ2v) is 25.3. The van der Waals surface area contributed by atoms with Gasteiger partial charge in [0.1, 0.15) is 31.3 Å². The third-order valence-electron chi connectivity index (χ3n) is 14.8. The van der Waals surface area contributed by atoms with Gasteiger partial charge in [-0.15, -0.1) is 22.7 Å².